The highest BCUT2D eigenvalue weighted by Crippen LogP contribution is 2.18. The summed E-state index contributed by atoms with van der Waals surface area (Å²) in [5.41, 5.74) is 5.50. The fourth-order valence-corrected chi connectivity index (χ4v) is 7.68. The van der Waals surface area contributed by atoms with Crippen LogP contribution in [-0.2, 0) is 19.1 Å². The monoisotopic (exact) mass is 817 g/mol. The standard InChI is InChI=1S/C51H96N2O5/c1-3-5-7-9-11-13-15-17-18-19-20-21-22-24-26-28-30-35-39-45-50(55)58-47(41-36-32-29-27-25-23-16-14-12-10-8-6-4-2)42-37-33-31-34-38-44-49(54)53-48(51(56)57)43-40-46-52/h17-18,27,29,47-48H,3-16,19-26,28,30-46,52H2,1-2H3,(H,53,54)(H,56,57)/b18-17-,29-27-. The Labute approximate surface area is 359 Å². The molecule has 340 valence electrons. The zero-order valence-corrected chi connectivity index (χ0v) is 38.4. The van der Waals surface area contributed by atoms with Gasteiger partial charge in [0, 0.05) is 12.8 Å². The Bertz CT molecular complexity index is 967. The van der Waals surface area contributed by atoms with Gasteiger partial charge in [-0.15, -0.1) is 0 Å². The van der Waals surface area contributed by atoms with E-state index in [1.807, 2.05) is 0 Å². The molecule has 7 nitrogen and oxygen atoms in total. The Morgan fingerprint density at radius 3 is 1.31 bits per heavy atom. The fourth-order valence-electron chi connectivity index (χ4n) is 7.68. The maximum absolute atomic E-state index is 12.9. The number of allylic oxidation sites excluding steroid dienone is 4. The Balaban J connectivity index is 4.28. The fraction of sp³-hybridized carbons (Fsp3) is 0.863. The van der Waals surface area contributed by atoms with Crippen LogP contribution in [0.2, 0.25) is 0 Å². The van der Waals surface area contributed by atoms with Crippen molar-refractivity contribution in [1.29, 1.82) is 0 Å². The number of hydrogen-bond donors (Lipinski definition) is 3. The van der Waals surface area contributed by atoms with Crippen LogP contribution < -0.4 is 11.1 Å². The van der Waals surface area contributed by atoms with Crippen molar-refractivity contribution in [2.24, 2.45) is 5.73 Å². The van der Waals surface area contributed by atoms with Gasteiger partial charge < -0.3 is 20.9 Å². The Kier molecular flexibility index (Phi) is 44.2. The first-order valence-electron chi connectivity index (χ1n) is 25.2. The number of hydrogen-bond acceptors (Lipinski definition) is 5. The Morgan fingerprint density at radius 1 is 0.483 bits per heavy atom. The van der Waals surface area contributed by atoms with Crippen LogP contribution in [0.5, 0.6) is 0 Å². The number of nitrogens with two attached hydrogens (primary N) is 1. The maximum atomic E-state index is 12.9. The molecule has 0 aromatic heterocycles. The second-order valence-corrected chi connectivity index (χ2v) is 17.2. The van der Waals surface area contributed by atoms with Gasteiger partial charge in [0.2, 0.25) is 5.91 Å². The number of unbranched alkanes of at least 4 members (excludes halogenated alkanes) is 28. The van der Waals surface area contributed by atoms with Crippen LogP contribution in [0.15, 0.2) is 24.3 Å². The third-order valence-corrected chi connectivity index (χ3v) is 11.5. The predicted molar refractivity (Wildman–Crippen MR) is 248 cm³/mol. The van der Waals surface area contributed by atoms with Gasteiger partial charge in [-0.1, -0.05) is 179 Å². The number of aliphatic carboxylic acids is 1. The quantitative estimate of drug-likeness (QED) is 0.0320. The van der Waals surface area contributed by atoms with Gasteiger partial charge in [0.05, 0.1) is 0 Å². The van der Waals surface area contributed by atoms with Crippen molar-refractivity contribution >= 4 is 17.8 Å². The first-order chi connectivity index (χ1) is 28.4. The average molecular weight is 817 g/mol. The van der Waals surface area contributed by atoms with E-state index in [2.05, 4.69) is 43.5 Å². The minimum atomic E-state index is -1.00. The van der Waals surface area contributed by atoms with E-state index in [0.717, 1.165) is 70.6 Å². The number of amides is 1. The number of nitrogens with one attached hydrogen (secondary N) is 1. The molecule has 0 aliphatic rings. The van der Waals surface area contributed by atoms with Gasteiger partial charge in [-0.05, 0) is 103 Å². The van der Waals surface area contributed by atoms with E-state index in [1.54, 1.807) is 0 Å². The van der Waals surface area contributed by atoms with Crippen molar-refractivity contribution in [1.82, 2.24) is 5.32 Å². The number of carbonyl (C=O) groups excluding carboxylic acids is 2. The Morgan fingerprint density at radius 2 is 0.862 bits per heavy atom. The Hall–Kier alpha value is -2.15. The summed E-state index contributed by atoms with van der Waals surface area (Å²) < 4.78 is 6.06. The van der Waals surface area contributed by atoms with E-state index in [9.17, 15) is 19.5 Å². The zero-order valence-electron chi connectivity index (χ0n) is 38.4. The zero-order chi connectivity index (χ0) is 42.4. The number of ether oxygens (including phenoxy) is 1. The lowest BCUT2D eigenvalue weighted by atomic mass is 10.0. The molecule has 0 aromatic rings. The molecular formula is C51H96N2O5. The third-order valence-electron chi connectivity index (χ3n) is 11.5. The highest BCUT2D eigenvalue weighted by molar-refractivity contribution is 5.83. The molecule has 7 heteroatoms. The van der Waals surface area contributed by atoms with Gasteiger partial charge in [-0.2, -0.15) is 0 Å². The molecule has 2 atom stereocenters. The normalized spacial score (nSPS) is 12.7. The molecular weight excluding hydrogens is 721 g/mol. The SMILES string of the molecule is CCCCCCCC/C=C\CCCCCCCCCCCC(=O)OC(CCC/C=C\CCCCCCCCCC)CCCCCCCC(=O)NC(CCCN)C(=O)O. The molecule has 1 amide bonds. The molecule has 0 bridgehead atoms. The number of esters is 1. The summed E-state index contributed by atoms with van der Waals surface area (Å²) in [5.74, 6) is -1.24. The van der Waals surface area contributed by atoms with Gasteiger partial charge in [0.25, 0.3) is 0 Å². The molecule has 4 N–H and O–H groups in total. The topological polar surface area (TPSA) is 119 Å². The molecule has 0 rings (SSSR count). The first kappa shape index (κ1) is 55.9. The van der Waals surface area contributed by atoms with E-state index in [4.69, 9.17) is 10.5 Å². The van der Waals surface area contributed by atoms with Crippen LogP contribution in [0.4, 0.5) is 0 Å². The summed E-state index contributed by atoms with van der Waals surface area (Å²) in [4.78, 5) is 36.5. The molecule has 0 saturated heterocycles. The van der Waals surface area contributed by atoms with Gasteiger partial charge in [0.15, 0.2) is 0 Å². The number of carboxylic acid groups (broad SMARTS) is 1. The summed E-state index contributed by atoms with van der Waals surface area (Å²) in [6.45, 7) is 4.96. The predicted octanol–water partition coefficient (Wildman–Crippen LogP) is 14.8. The minimum absolute atomic E-state index is 0.0170. The largest absolute Gasteiger partial charge is 0.480 e. The summed E-state index contributed by atoms with van der Waals surface area (Å²) in [6.07, 6.45) is 53.8. The van der Waals surface area contributed by atoms with Gasteiger partial charge in [0.1, 0.15) is 12.1 Å². The third kappa shape index (κ3) is 42.0. The van der Waals surface area contributed by atoms with Crippen LogP contribution in [0.3, 0.4) is 0 Å². The van der Waals surface area contributed by atoms with Crippen LogP contribution in [0, 0.1) is 0 Å². The van der Waals surface area contributed by atoms with Crippen LogP contribution in [-0.4, -0.2) is 41.6 Å². The van der Waals surface area contributed by atoms with Crippen LogP contribution in [0.25, 0.3) is 0 Å². The summed E-state index contributed by atoms with van der Waals surface area (Å²) in [7, 11) is 0. The van der Waals surface area contributed by atoms with Crippen molar-refractivity contribution in [2.45, 2.75) is 276 Å². The number of carbonyl (C=O) groups is 3. The van der Waals surface area contributed by atoms with Gasteiger partial charge >= 0.3 is 11.9 Å². The van der Waals surface area contributed by atoms with E-state index in [-0.39, 0.29) is 18.0 Å². The molecule has 0 fully saturated rings. The first-order valence-corrected chi connectivity index (χ1v) is 25.2. The lowest BCUT2D eigenvalue weighted by Crippen LogP contribution is -2.40. The van der Waals surface area contributed by atoms with Crippen molar-refractivity contribution in [3.05, 3.63) is 24.3 Å². The van der Waals surface area contributed by atoms with Crippen LogP contribution >= 0.6 is 0 Å². The smallest absolute Gasteiger partial charge is 0.326 e. The maximum Gasteiger partial charge on any atom is 0.326 e. The highest BCUT2D eigenvalue weighted by atomic mass is 16.5. The number of rotatable bonds is 46. The molecule has 2 unspecified atom stereocenters. The molecule has 0 aliphatic heterocycles. The van der Waals surface area contributed by atoms with Gasteiger partial charge in [-0.3, -0.25) is 9.59 Å². The second-order valence-electron chi connectivity index (χ2n) is 17.2. The lowest BCUT2D eigenvalue weighted by Gasteiger charge is -2.18. The summed E-state index contributed by atoms with van der Waals surface area (Å²) in [5, 5.41) is 12.0. The number of carboxylic acids is 1. The van der Waals surface area contributed by atoms with Crippen molar-refractivity contribution < 1.29 is 24.2 Å². The van der Waals surface area contributed by atoms with E-state index in [1.165, 1.54) is 154 Å². The molecule has 0 radical (unpaired) electrons. The van der Waals surface area contributed by atoms with Crippen LogP contribution in [0.1, 0.15) is 264 Å². The molecule has 58 heavy (non-hydrogen) atoms. The van der Waals surface area contributed by atoms with Crippen molar-refractivity contribution in [2.75, 3.05) is 6.54 Å². The van der Waals surface area contributed by atoms with E-state index >= 15 is 0 Å². The molecule has 0 saturated carbocycles. The highest BCUT2D eigenvalue weighted by Gasteiger charge is 2.19. The lowest BCUT2D eigenvalue weighted by molar-refractivity contribution is -0.150. The van der Waals surface area contributed by atoms with Gasteiger partial charge in [-0.25, -0.2) is 4.79 Å². The van der Waals surface area contributed by atoms with Crippen molar-refractivity contribution in [3.8, 4) is 0 Å². The van der Waals surface area contributed by atoms with E-state index in [0.29, 0.717) is 32.2 Å². The molecule has 0 aromatic carbocycles. The second kappa shape index (κ2) is 45.9. The molecule has 0 spiro atoms. The molecule has 0 heterocycles. The minimum Gasteiger partial charge on any atom is -0.480 e. The average Bonchev–Trinajstić information content (AvgIpc) is 3.21. The van der Waals surface area contributed by atoms with Crippen molar-refractivity contribution in [3.63, 3.8) is 0 Å². The summed E-state index contributed by atoms with van der Waals surface area (Å²) >= 11 is 0. The van der Waals surface area contributed by atoms with E-state index < -0.39 is 12.0 Å². The molecule has 0 aliphatic carbocycles. The summed E-state index contributed by atoms with van der Waals surface area (Å²) in [6, 6.07) is -0.858.